The minimum Gasteiger partial charge on any atom is -0.444 e. The lowest BCUT2D eigenvalue weighted by Gasteiger charge is -2.19. The maximum atomic E-state index is 11.2. The largest absolute Gasteiger partial charge is 0.444 e. The molecule has 0 aliphatic carbocycles. The summed E-state index contributed by atoms with van der Waals surface area (Å²) in [5.74, 6) is 0. The van der Waals surface area contributed by atoms with Crippen molar-refractivity contribution in [3.8, 4) is 0 Å². The Labute approximate surface area is 86.5 Å². The molecule has 1 amide bonds. The zero-order valence-electron chi connectivity index (χ0n) is 8.40. The van der Waals surface area contributed by atoms with Gasteiger partial charge in [-0.05, 0) is 20.8 Å². The van der Waals surface area contributed by atoms with Gasteiger partial charge in [-0.3, -0.25) is 0 Å². The van der Waals surface area contributed by atoms with Crippen molar-refractivity contribution in [3.63, 3.8) is 0 Å². The van der Waals surface area contributed by atoms with Gasteiger partial charge in [-0.25, -0.2) is 4.79 Å². The molecule has 0 radical (unpaired) electrons. The monoisotopic (exact) mass is 215 g/mol. The fourth-order valence-corrected chi connectivity index (χ4v) is 1.20. The van der Waals surface area contributed by atoms with Gasteiger partial charge in [0.2, 0.25) is 0 Å². The third-order valence-electron chi connectivity index (χ3n) is 1.19. The molecule has 0 aliphatic rings. The van der Waals surface area contributed by atoms with Crippen molar-refractivity contribution in [2.75, 3.05) is 0 Å². The van der Waals surface area contributed by atoms with Crippen LogP contribution in [0.2, 0.25) is 0 Å². The average Bonchev–Trinajstić information content (AvgIpc) is 2.49. The molecular formula is C8H13N3O2S. The SMILES string of the molecule is CC(C)(C)OC(=O)NCc1nncs1. The van der Waals surface area contributed by atoms with Crippen LogP contribution < -0.4 is 5.32 Å². The van der Waals surface area contributed by atoms with E-state index in [0.717, 1.165) is 5.01 Å². The van der Waals surface area contributed by atoms with Gasteiger partial charge in [0.05, 0.1) is 6.54 Å². The van der Waals surface area contributed by atoms with Crippen molar-refractivity contribution in [3.05, 3.63) is 10.5 Å². The summed E-state index contributed by atoms with van der Waals surface area (Å²) < 4.78 is 5.04. The second-order valence-electron chi connectivity index (χ2n) is 3.69. The summed E-state index contributed by atoms with van der Waals surface area (Å²) in [6.07, 6.45) is -0.437. The Hall–Kier alpha value is -1.17. The van der Waals surface area contributed by atoms with Crippen LogP contribution in [0.25, 0.3) is 0 Å². The maximum Gasteiger partial charge on any atom is 0.408 e. The van der Waals surface area contributed by atoms with Crippen LogP contribution in [-0.2, 0) is 11.3 Å². The molecule has 1 aromatic heterocycles. The van der Waals surface area contributed by atoms with Gasteiger partial charge in [0.25, 0.3) is 0 Å². The van der Waals surface area contributed by atoms with E-state index >= 15 is 0 Å². The van der Waals surface area contributed by atoms with E-state index in [-0.39, 0.29) is 0 Å². The quantitative estimate of drug-likeness (QED) is 0.813. The predicted octanol–water partition coefficient (Wildman–Crippen LogP) is 1.56. The number of ether oxygens (including phenoxy) is 1. The van der Waals surface area contributed by atoms with E-state index in [9.17, 15) is 4.79 Å². The Morgan fingerprint density at radius 2 is 2.36 bits per heavy atom. The number of carbonyl (C=O) groups excluding carboxylic acids is 1. The second-order valence-corrected chi connectivity index (χ2v) is 4.61. The van der Waals surface area contributed by atoms with Crippen LogP contribution >= 0.6 is 11.3 Å². The number of amides is 1. The van der Waals surface area contributed by atoms with Gasteiger partial charge >= 0.3 is 6.09 Å². The number of rotatable bonds is 2. The molecule has 0 unspecified atom stereocenters. The fraction of sp³-hybridized carbons (Fsp3) is 0.625. The summed E-state index contributed by atoms with van der Waals surface area (Å²) in [6.45, 7) is 5.81. The van der Waals surface area contributed by atoms with Crippen LogP contribution in [0.15, 0.2) is 5.51 Å². The van der Waals surface area contributed by atoms with E-state index in [1.165, 1.54) is 11.3 Å². The van der Waals surface area contributed by atoms with Crippen LogP contribution in [0.4, 0.5) is 4.79 Å². The first-order valence-corrected chi connectivity index (χ1v) is 5.07. The Morgan fingerprint density at radius 3 is 2.86 bits per heavy atom. The first kappa shape index (κ1) is 10.9. The second kappa shape index (κ2) is 4.36. The van der Waals surface area contributed by atoms with Crippen LogP contribution in [0.5, 0.6) is 0 Å². The van der Waals surface area contributed by atoms with Gasteiger partial charge in [-0.2, -0.15) is 0 Å². The van der Waals surface area contributed by atoms with E-state index in [1.807, 2.05) is 20.8 Å². The fourth-order valence-electron chi connectivity index (χ4n) is 0.735. The van der Waals surface area contributed by atoms with Crippen LogP contribution in [0, 0.1) is 0 Å². The van der Waals surface area contributed by atoms with Gasteiger partial charge < -0.3 is 10.1 Å². The lowest BCUT2D eigenvalue weighted by Crippen LogP contribution is -2.32. The van der Waals surface area contributed by atoms with Crippen molar-refractivity contribution in [2.24, 2.45) is 0 Å². The van der Waals surface area contributed by atoms with Crippen molar-refractivity contribution < 1.29 is 9.53 Å². The average molecular weight is 215 g/mol. The molecule has 0 saturated carbocycles. The Bertz CT molecular complexity index is 292. The van der Waals surface area contributed by atoms with E-state index in [2.05, 4.69) is 15.5 Å². The number of carbonyl (C=O) groups is 1. The molecule has 0 aliphatic heterocycles. The molecule has 0 aromatic carbocycles. The number of nitrogens with one attached hydrogen (secondary N) is 1. The first-order valence-electron chi connectivity index (χ1n) is 4.19. The molecule has 0 saturated heterocycles. The summed E-state index contributed by atoms with van der Waals surface area (Å²) in [5, 5.41) is 10.8. The number of alkyl carbamates (subject to hydrolysis) is 1. The minimum absolute atomic E-state index is 0.361. The van der Waals surface area contributed by atoms with E-state index in [4.69, 9.17) is 4.74 Å². The molecule has 5 nitrogen and oxygen atoms in total. The normalized spacial score (nSPS) is 11.1. The summed E-state index contributed by atoms with van der Waals surface area (Å²) in [6, 6.07) is 0. The van der Waals surface area contributed by atoms with Gasteiger partial charge in [0.15, 0.2) is 0 Å². The lowest BCUT2D eigenvalue weighted by molar-refractivity contribution is 0.0523. The molecule has 1 aromatic rings. The molecule has 0 fully saturated rings. The topological polar surface area (TPSA) is 64.1 Å². The molecule has 6 heteroatoms. The van der Waals surface area contributed by atoms with Crippen molar-refractivity contribution >= 4 is 17.4 Å². The Balaban J connectivity index is 2.29. The number of nitrogens with zero attached hydrogens (tertiary/aromatic N) is 2. The Kier molecular flexibility index (Phi) is 3.40. The highest BCUT2D eigenvalue weighted by Crippen LogP contribution is 2.07. The summed E-state index contributed by atoms with van der Waals surface area (Å²) >= 11 is 1.39. The van der Waals surface area contributed by atoms with Crippen LogP contribution in [0.1, 0.15) is 25.8 Å². The summed E-state index contributed by atoms with van der Waals surface area (Å²) in [7, 11) is 0. The van der Waals surface area contributed by atoms with Crippen molar-refractivity contribution in [2.45, 2.75) is 32.9 Å². The molecule has 0 atom stereocenters. The highest BCUT2D eigenvalue weighted by molar-refractivity contribution is 7.09. The molecule has 78 valence electrons. The van der Waals surface area contributed by atoms with Gasteiger partial charge in [0, 0.05) is 0 Å². The summed E-state index contributed by atoms with van der Waals surface area (Å²) in [5.41, 5.74) is 1.15. The molecule has 0 spiro atoms. The zero-order valence-corrected chi connectivity index (χ0v) is 9.22. The molecule has 14 heavy (non-hydrogen) atoms. The Morgan fingerprint density at radius 1 is 1.64 bits per heavy atom. The van der Waals surface area contributed by atoms with Gasteiger partial charge in [-0.15, -0.1) is 21.5 Å². The first-order chi connectivity index (χ1) is 6.47. The van der Waals surface area contributed by atoms with Crippen LogP contribution in [0.3, 0.4) is 0 Å². The molecule has 1 heterocycles. The molecule has 1 N–H and O–H groups in total. The highest BCUT2D eigenvalue weighted by atomic mass is 32.1. The van der Waals surface area contributed by atoms with Crippen LogP contribution in [-0.4, -0.2) is 21.9 Å². The van der Waals surface area contributed by atoms with E-state index in [0.29, 0.717) is 6.54 Å². The van der Waals surface area contributed by atoms with Gasteiger partial charge in [-0.1, -0.05) is 0 Å². The maximum absolute atomic E-state index is 11.2. The zero-order chi connectivity index (χ0) is 10.6. The predicted molar refractivity (Wildman–Crippen MR) is 53.0 cm³/mol. The number of aromatic nitrogens is 2. The number of hydrogen-bond acceptors (Lipinski definition) is 5. The highest BCUT2D eigenvalue weighted by Gasteiger charge is 2.15. The van der Waals surface area contributed by atoms with Gasteiger partial charge in [0.1, 0.15) is 16.1 Å². The van der Waals surface area contributed by atoms with Crippen molar-refractivity contribution in [1.82, 2.24) is 15.5 Å². The summed E-state index contributed by atoms with van der Waals surface area (Å²) in [4.78, 5) is 11.2. The standard InChI is InChI=1S/C8H13N3O2S/c1-8(2,3)13-7(12)9-4-6-11-10-5-14-6/h5H,4H2,1-3H3,(H,9,12). The minimum atomic E-state index is -0.467. The smallest absolute Gasteiger partial charge is 0.408 e. The lowest BCUT2D eigenvalue weighted by atomic mass is 10.2. The third kappa shape index (κ3) is 4.18. The number of hydrogen-bond donors (Lipinski definition) is 1. The molecule has 0 bridgehead atoms. The van der Waals surface area contributed by atoms with Crippen molar-refractivity contribution in [1.29, 1.82) is 0 Å². The molecule has 1 rings (SSSR count). The molecular weight excluding hydrogens is 202 g/mol. The third-order valence-corrected chi connectivity index (χ3v) is 1.89. The van der Waals surface area contributed by atoms with E-state index in [1.54, 1.807) is 5.51 Å². The van der Waals surface area contributed by atoms with E-state index < -0.39 is 11.7 Å².